The average molecular weight is 410 g/mol. The molecule has 0 spiro atoms. The third kappa shape index (κ3) is 3.61. The van der Waals surface area contributed by atoms with E-state index in [9.17, 15) is 0 Å². The van der Waals surface area contributed by atoms with E-state index in [1.165, 1.54) is 37.2 Å². The molecule has 1 aliphatic heterocycles. The number of halogens is 2. The Hall–Kier alpha value is -1.00. The van der Waals surface area contributed by atoms with Gasteiger partial charge in [-0.1, -0.05) is 34.1 Å². The predicted molar refractivity (Wildman–Crippen MR) is 97.1 cm³/mol. The number of hydrogen-bond donors (Lipinski definition) is 1. The minimum absolute atomic E-state index is 0.835. The molecule has 1 saturated heterocycles. The summed E-state index contributed by atoms with van der Waals surface area (Å²) in [6.45, 7) is 3.19. The van der Waals surface area contributed by atoms with Crippen LogP contribution in [0.5, 0.6) is 0 Å². The summed E-state index contributed by atoms with van der Waals surface area (Å²) < 4.78 is 2.17. The van der Waals surface area contributed by atoms with E-state index in [1.807, 2.05) is 6.07 Å². The van der Waals surface area contributed by atoms with Crippen LogP contribution in [0.15, 0.2) is 51.4 Å². The summed E-state index contributed by atoms with van der Waals surface area (Å²) in [6.07, 6.45) is 2.61. The Balaban J connectivity index is 1.77. The maximum absolute atomic E-state index is 3.60. The first-order valence-corrected chi connectivity index (χ1v) is 8.84. The monoisotopic (exact) mass is 408 g/mol. The SMILES string of the molecule is Brc1ccc(Br)c(NCc2ccccc2N2CCCC2)c1. The van der Waals surface area contributed by atoms with Gasteiger partial charge in [0.1, 0.15) is 0 Å². The molecular weight excluding hydrogens is 392 g/mol. The molecule has 0 bridgehead atoms. The second-order valence-corrected chi connectivity index (χ2v) is 7.07. The molecular formula is C17H18Br2N2. The average Bonchev–Trinajstić information content (AvgIpc) is 3.03. The van der Waals surface area contributed by atoms with Crippen molar-refractivity contribution in [1.82, 2.24) is 0 Å². The van der Waals surface area contributed by atoms with Crippen LogP contribution in [0.3, 0.4) is 0 Å². The lowest BCUT2D eigenvalue weighted by Crippen LogP contribution is -2.19. The standard InChI is InChI=1S/C17H18Br2N2/c18-14-7-8-15(19)16(11-14)20-12-13-5-1-2-6-17(13)21-9-3-4-10-21/h1-2,5-8,11,20H,3-4,9-10,12H2. The van der Waals surface area contributed by atoms with Gasteiger partial charge in [-0.15, -0.1) is 0 Å². The van der Waals surface area contributed by atoms with Crippen LogP contribution in [-0.2, 0) is 6.54 Å². The Kier molecular flexibility index (Phi) is 4.86. The van der Waals surface area contributed by atoms with Gasteiger partial charge in [0.15, 0.2) is 0 Å². The quantitative estimate of drug-likeness (QED) is 0.724. The Morgan fingerprint density at radius 2 is 1.76 bits per heavy atom. The summed E-state index contributed by atoms with van der Waals surface area (Å²) in [5.74, 6) is 0. The molecule has 0 radical (unpaired) electrons. The molecule has 0 amide bonds. The van der Waals surface area contributed by atoms with Crippen molar-refractivity contribution >= 4 is 43.2 Å². The molecule has 21 heavy (non-hydrogen) atoms. The van der Waals surface area contributed by atoms with E-state index in [0.29, 0.717) is 0 Å². The second kappa shape index (κ2) is 6.84. The van der Waals surface area contributed by atoms with Gasteiger partial charge in [0.25, 0.3) is 0 Å². The highest BCUT2D eigenvalue weighted by atomic mass is 79.9. The fourth-order valence-corrected chi connectivity index (χ4v) is 3.50. The van der Waals surface area contributed by atoms with Crippen molar-refractivity contribution in [2.75, 3.05) is 23.3 Å². The van der Waals surface area contributed by atoms with Crippen molar-refractivity contribution in [3.05, 3.63) is 57.0 Å². The Morgan fingerprint density at radius 1 is 1.00 bits per heavy atom. The van der Waals surface area contributed by atoms with Gasteiger partial charge in [-0.2, -0.15) is 0 Å². The minimum atomic E-state index is 0.835. The largest absolute Gasteiger partial charge is 0.380 e. The van der Waals surface area contributed by atoms with Crippen molar-refractivity contribution < 1.29 is 0 Å². The van der Waals surface area contributed by atoms with Gasteiger partial charge in [-0.25, -0.2) is 0 Å². The van der Waals surface area contributed by atoms with E-state index >= 15 is 0 Å². The summed E-state index contributed by atoms with van der Waals surface area (Å²) in [4.78, 5) is 2.49. The normalized spacial score (nSPS) is 14.5. The van der Waals surface area contributed by atoms with E-state index in [1.54, 1.807) is 0 Å². The lowest BCUT2D eigenvalue weighted by Gasteiger charge is -2.22. The first-order valence-electron chi connectivity index (χ1n) is 7.26. The zero-order valence-electron chi connectivity index (χ0n) is 11.8. The molecule has 1 N–H and O–H groups in total. The highest BCUT2D eigenvalue weighted by molar-refractivity contribution is 9.11. The summed E-state index contributed by atoms with van der Waals surface area (Å²) in [5, 5.41) is 3.53. The number of anilines is 2. The van der Waals surface area contributed by atoms with Crippen LogP contribution in [0, 0.1) is 0 Å². The first kappa shape index (κ1) is 14.9. The molecule has 1 aliphatic rings. The molecule has 110 valence electrons. The van der Waals surface area contributed by atoms with Crippen molar-refractivity contribution in [2.24, 2.45) is 0 Å². The lowest BCUT2D eigenvalue weighted by atomic mass is 10.1. The van der Waals surface area contributed by atoms with Gasteiger partial charge in [0, 0.05) is 40.0 Å². The summed E-state index contributed by atoms with van der Waals surface area (Å²) in [6, 6.07) is 14.9. The minimum Gasteiger partial charge on any atom is -0.380 e. The van der Waals surface area contributed by atoms with Gasteiger partial charge in [0.05, 0.1) is 0 Å². The van der Waals surface area contributed by atoms with E-state index in [4.69, 9.17) is 0 Å². The number of benzene rings is 2. The van der Waals surface area contributed by atoms with Crippen LogP contribution in [0.25, 0.3) is 0 Å². The summed E-state index contributed by atoms with van der Waals surface area (Å²) in [7, 11) is 0. The van der Waals surface area contributed by atoms with Crippen LogP contribution in [0.2, 0.25) is 0 Å². The Bertz CT molecular complexity index is 622. The van der Waals surface area contributed by atoms with Gasteiger partial charge >= 0.3 is 0 Å². The molecule has 0 unspecified atom stereocenters. The third-order valence-corrected chi connectivity index (χ3v) is 5.02. The van der Waals surface area contributed by atoms with Gasteiger partial charge in [0.2, 0.25) is 0 Å². The van der Waals surface area contributed by atoms with Crippen LogP contribution in [0.4, 0.5) is 11.4 Å². The van der Waals surface area contributed by atoms with Crippen LogP contribution >= 0.6 is 31.9 Å². The number of para-hydroxylation sites is 1. The maximum Gasteiger partial charge on any atom is 0.0498 e. The fourth-order valence-electron chi connectivity index (χ4n) is 2.75. The van der Waals surface area contributed by atoms with E-state index < -0.39 is 0 Å². The second-order valence-electron chi connectivity index (χ2n) is 5.30. The number of rotatable bonds is 4. The van der Waals surface area contributed by atoms with Gasteiger partial charge in [-0.05, 0) is 58.6 Å². The smallest absolute Gasteiger partial charge is 0.0498 e. The number of nitrogens with zero attached hydrogens (tertiary/aromatic N) is 1. The van der Waals surface area contributed by atoms with Crippen molar-refractivity contribution in [3.63, 3.8) is 0 Å². The molecule has 2 aromatic carbocycles. The third-order valence-electron chi connectivity index (χ3n) is 3.84. The molecule has 1 fully saturated rings. The van der Waals surface area contributed by atoms with Gasteiger partial charge < -0.3 is 10.2 Å². The van der Waals surface area contributed by atoms with Gasteiger partial charge in [-0.3, -0.25) is 0 Å². The molecule has 2 nitrogen and oxygen atoms in total. The highest BCUT2D eigenvalue weighted by Gasteiger charge is 2.15. The van der Waals surface area contributed by atoms with Crippen LogP contribution in [0.1, 0.15) is 18.4 Å². The predicted octanol–water partition coefficient (Wildman–Crippen LogP) is 5.42. The van der Waals surface area contributed by atoms with Crippen molar-refractivity contribution in [3.8, 4) is 0 Å². The highest BCUT2D eigenvalue weighted by Crippen LogP contribution is 2.29. The molecule has 3 rings (SSSR count). The topological polar surface area (TPSA) is 15.3 Å². The zero-order chi connectivity index (χ0) is 14.7. The zero-order valence-corrected chi connectivity index (χ0v) is 15.0. The molecule has 1 heterocycles. The molecule has 0 atom stereocenters. The first-order chi connectivity index (χ1) is 10.2. The lowest BCUT2D eigenvalue weighted by molar-refractivity contribution is 0.949. The summed E-state index contributed by atoms with van der Waals surface area (Å²) >= 11 is 7.12. The molecule has 4 heteroatoms. The molecule has 0 aromatic heterocycles. The Labute approximate surface area is 142 Å². The van der Waals surface area contributed by atoms with Crippen LogP contribution in [-0.4, -0.2) is 13.1 Å². The van der Waals surface area contributed by atoms with E-state index in [2.05, 4.69) is 78.5 Å². The van der Waals surface area contributed by atoms with Crippen molar-refractivity contribution in [2.45, 2.75) is 19.4 Å². The molecule has 0 aliphatic carbocycles. The summed E-state index contributed by atoms with van der Waals surface area (Å²) in [5.41, 5.74) is 3.83. The van der Waals surface area contributed by atoms with Crippen LogP contribution < -0.4 is 10.2 Å². The number of nitrogens with one attached hydrogen (secondary N) is 1. The van der Waals surface area contributed by atoms with E-state index in [0.717, 1.165) is 21.2 Å². The maximum atomic E-state index is 3.60. The molecule has 0 saturated carbocycles. The Morgan fingerprint density at radius 3 is 2.57 bits per heavy atom. The fraction of sp³-hybridized carbons (Fsp3) is 0.294. The van der Waals surface area contributed by atoms with E-state index in [-0.39, 0.29) is 0 Å². The molecule has 2 aromatic rings. The van der Waals surface area contributed by atoms with Crippen molar-refractivity contribution in [1.29, 1.82) is 0 Å². The number of hydrogen-bond acceptors (Lipinski definition) is 2.